The van der Waals surface area contributed by atoms with Gasteiger partial charge in [0.25, 0.3) is 5.89 Å². The van der Waals surface area contributed by atoms with E-state index in [1.807, 2.05) is 6.07 Å². The summed E-state index contributed by atoms with van der Waals surface area (Å²) in [7, 11) is 0. The van der Waals surface area contributed by atoms with Gasteiger partial charge in [0.1, 0.15) is 5.52 Å². The zero-order chi connectivity index (χ0) is 8.55. The predicted molar refractivity (Wildman–Crippen MR) is 47.1 cm³/mol. The van der Waals surface area contributed by atoms with E-state index in [0.29, 0.717) is 17.4 Å². The van der Waals surface area contributed by atoms with Crippen LogP contribution in [0.4, 0.5) is 0 Å². The number of hydrogen-bond acceptors (Lipinski definition) is 3. The number of fused-ring (bicyclic) bond motifs is 1. The lowest BCUT2D eigenvalue weighted by molar-refractivity contribution is 0.109. The van der Waals surface area contributed by atoms with Crippen LogP contribution >= 0.6 is 15.9 Å². The number of carbonyl (C=O) groups excluding carboxylic acids is 1. The van der Waals surface area contributed by atoms with Crippen LogP contribution in [0.15, 0.2) is 27.1 Å². The number of aldehydes is 1. The smallest absolute Gasteiger partial charge is 0.260 e. The maximum absolute atomic E-state index is 10.3. The van der Waals surface area contributed by atoms with E-state index >= 15 is 0 Å². The maximum Gasteiger partial charge on any atom is 0.260 e. The van der Waals surface area contributed by atoms with Gasteiger partial charge in [0.15, 0.2) is 5.58 Å². The minimum absolute atomic E-state index is 0.114. The Morgan fingerprint density at radius 1 is 1.50 bits per heavy atom. The second-order valence-electron chi connectivity index (χ2n) is 2.28. The highest BCUT2D eigenvalue weighted by atomic mass is 79.9. The number of hydrogen-bond donors (Lipinski definition) is 0. The fraction of sp³-hybridized carbons (Fsp3) is 0. The van der Waals surface area contributed by atoms with Crippen LogP contribution in [0.3, 0.4) is 0 Å². The van der Waals surface area contributed by atoms with Crippen LogP contribution in [-0.2, 0) is 0 Å². The van der Waals surface area contributed by atoms with Crippen molar-refractivity contribution < 1.29 is 9.21 Å². The Balaban J connectivity index is 2.75. The fourth-order valence-corrected chi connectivity index (χ4v) is 1.32. The first-order chi connectivity index (χ1) is 5.79. The van der Waals surface area contributed by atoms with Crippen molar-refractivity contribution in [3.05, 3.63) is 28.6 Å². The Morgan fingerprint density at radius 2 is 2.33 bits per heavy atom. The minimum Gasteiger partial charge on any atom is -0.434 e. The highest BCUT2D eigenvalue weighted by molar-refractivity contribution is 9.10. The fourth-order valence-electron chi connectivity index (χ4n) is 0.969. The van der Waals surface area contributed by atoms with Gasteiger partial charge in [-0.3, -0.25) is 4.79 Å². The first-order valence-electron chi connectivity index (χ1n) is 3.31. The summed E-state index contributed by atoms with van der Waals surface area (Å²) in [4.78, 5) is 14.2. The summed E-state index contributed by atoms with van der Waals surface area (Å²) >= 11 is 3.29. The molecule has 0 unspecified atom stereocenters. The Hall–Kier alpha value is -1.16. The molecule has 0 fully saturated rings. The van der Waals surface area contributed by atoms with E-state index in [1.54, 1.807) is 12.1 Å². The summed E-state index contributed by atoms with van der Waals surface area (Å²) in [6.07, 6.45) is 0.591. The molecule has 0 aliphatic heterocycles. The first-order valence-corrected chi connectivity index (χ1v) is 4.10. The summed E-state index contributed by atoms with van der Waals surface area (Å²) in [5.41, 5.74) is 1.31. The number of carbonyl (C=O) groups is 1. The standard InChI is InChI=1S/C8H4BrNO2/c9-5-1-2-7-6(3-5)10-8(4-11)12-7/h1-4H. The van der Waals surface area contributed by atoms with Crippen LogP contribution in [0.5, 0.6) is 0 Å². The Labute approximate surface area is 76.5 Å². The molecular weight excluding hydrogens is 222 g/mol. The molecule has 60 valence electrons. The van der Waals surface area contributed by atoms with Gasteiger partial charge in [-0.05, 0) is 18.2 Å². The molecular formula is C8H4BrNO2. The normalized spacial score (nSPS) is 10.4. The van der Waals surface area contributed by atoms with Gasteiger partial charge in [0.2, 0.25) is 6.29 Å². The molecule has 0 radical (unpaired) electrons. The lowest BCUT2D eigenvalue weighted by Crippen LogP contribution is -1.74. The van der Waals surface area contributed by atoms with E-state index in [9.17, 15) is 4.79 Å². The molecule has 2 aromatic rings. The summed E-state index contributed by atoms with van der Waals surface area (Å²) in [6.45, 7) is 0. The summed E-state index contributed by atoms with van der Waals surface area (Å²) < 4.78 is 5.99. The van der Waals surface area contributed by atoms with Crippen LogP contribution in [0.25, 0.3) is 11.1 Å². The van der Waals surface area contributed by atoms with Gasteiger partial charge in [0.05, 0.1) is 0 Å². The third kappa shape index (κ3) is 1.14. The van der Waals surface area contributed by atoms with Crippen LogP contribution in [0, 0.1) is 0 Å². The van der Waals surface area contributed by atoms with Crippen molar-refractivity contribution in [2.45, 2.75) is 0 Å². The number of benzene rings is 1. The molecule has 2 rings (SSSR count). The minimum atomic E-state index is 0.114. The SMILES string of the molecule is O=Cc1nc2cc(Br)ccc2o1. The van der Waals surface area contributed by atoms with E-state index in [2.05, 4.69) is 20.9 Å². The molecule has 3 nitrogen and oxygen atoms in total. The summed E-state index contributed by atoms with van der Waals surface area (Å²) in [6, 6.07) is 5.40. The van der Waals surface area contributed by atoms with Crippen LogP contribution in [0.1, 0.15) is 10.7 Å². The monoisotopic (exact) mass is 225 g/mol. The number of oxazole rings is 1. The van der Waals surface area contributed by atoms with E-state index in [1.165, 1.54) is 0 Å². The van der Waals surface area contributed by atoms with Crippen LogP contribution < -0.4 is 0 Å². The number of nitrogens with zero attached hydrogens (tertiary/aromatic N) is 1. The first kappa shape index (κ1) is 7.49. The highest BCUT2D eigenvalue weighted by Gasteiger charge is 2.03. The summed E-state index contributed by atoms with van der Waals surface area (Å²) in [5.74, 6) is 0.114. The zero-order valence-electron chi connectivity index (χ0n) is 5.95. The third-order valence-electron chi connectivity index (χ3n) is 1.47. The van der Waals surface area contributed by atoms with Crippen molar-refractivity contribution in [1.29, 1.82) is 0 Å². The Kier molecular flexibility index (Phi) is 1.69. The highest BCUT2D eigenvalue weighted by Crippen LogP contribution is 2.19. The average Bonchev–Trinajstić information content (AvgIpc) is 2.46. The molecule has 0 saturated carbocycles. The van der Waals surface area contributed by atoms with Crippen molar-refractivity contribution >= 4 is 33.3 Å². The van der Waals surface area contributed by atoms with E-state index in [-0.39, 0.29) is 5.89 Å². The Morgan fingerprint density at radius 3 is 3.08 bits per heavy atom. The molecule has 0 amide bonds. The number of aromatic nitrogens is 1. The van der Waals surface area contributed by atoms with Crippen molar-refractivity contribution in [2.75, 3.05) is 0 Å². The van der Waals surface area contributed by atoms with Gasteiger partial charge in [-0.2, -0.15) is 0 Å². The van der Waals surface area contributed by atoms with Crippen molar-refractivity contribution in [3.8, 4) is 0 Å². The largest absolute Gasteiger partial charge is 0.434 e. The zero-order valence-corrected chi connectivity index (χ0v) is 7.54. The molecule has 0 N–H and O–H groups in total. The Bertz CT molecular complexity index is 436. The molecule has 4 heteroatoms. The maximum atomic E-state index is 10.3. The van der Waals surface area contributed by atoms with Crippen molar-refractivity contribution in [1.82, 2.24) is 4.98 Å². The molecule has 1 heterocycles. The second kappa shape index (κ2) is 2.71. The number of rotatable bonds is 1. The topological polar surface area (TPSA) is 43.1 Å². The lowest BCUT2D eigenvalue weighted by Gasteiger charge is -1.85. The molecule has 0 atom stereocenters. The van der Waals surface area contributed by atoms with Crippen LogP contribution in [0.2, 0.25) is 0 Å². The predicted octanol–water partition coefficient (Wildman–Crippen LogP) is 2.40. The average molecular weight is 226 g/mol. The molecule has 0 saturated heterocycles. The molecule has 1 aromatic carbocycles. The molecule has 0 bridgehead atoms. The third-order valence-corrected chi connectivity index (χ3v) is 1.96. The molecule has 12 heavy (non-hydrogen) atoms. The van der Waals surface area contributed by atoms with Crippen LogP contribution in [-0.4, -0.2) is 11.3 Å². The summed E-state index contributed by atoms with van der Waals surface area (Å²) in [5, 5.41) is 0. The quantitative estimate of drug-likeness (QED) is 0.701. The molecule has 0 spiro atoms. The van der Waals surface area contributed by atoms with Gasteiger partial charge in [0, 0.05) is 4.47 Å². The second-order valence-corrected chi connectivity index (χ2v) is 3.20. The molecule has 0 aliphatic rings. The van der Waals surface area contributed by atoms with Crippen molar-refractivity contribution in [2.24, 2.45) is 0 Å². The van der Waals surface area contributed by atoms with Gasteiger partial charge >= 0.3 is 0 Å². The number of halogens is 1. The van der Waals surface area contributed by atoms with Gasteiger partial charge < -0.3 is 4.42 Å². The van der Waals surface area contributed by atoms with Crippen molar-refractivity contribution in [3.63, 3.8) is 0 Å². The van der Waals surface area contributed by atoms with Gasteiger partial charge in [-0.1, -0.05) is 15.9 Å². The van der Waals surface area contributed by atoms with E-state index in [4.69, 9.17) is 4.42 Å². The molecule has 0 aliphatic carbocycles. The van der Waals surface area contributed by atoms with Gasteiger partial charge in [-0.25, -0.2) is 4.98 Å². The lowest BCUT2D eigenvalue weighted by atomic mass is 10.3. The van der Waals surface area contributed by atoms with E-state index < -0.39 is 0 Å². The van der Waals surface area contributed by atoms with E-state index in [0.717, 1.165) is 4.47 Å². The molecule has 1 aromatic heterocycles. The van der Waals surface area contributed by atoms with Gasteiger partial charge in [-0.15, -0.1) is 0 Å².